The zero-order chi connectivity index (χ0) is 23.3. The average molecular weight is 482 g/mol. The minimum absolute atomic E-state index is 0.00238. The molecule has 3 rings (SSSR count). The monoisotopic (exact) mass is 481 g/mol. The van der Waals surface area contributed by atoms with E-state index in [0.29, 0.717) is 28.9 Å². The van der Waals surface area contributed by atoms with E-state index in [-0.39, 0.29) is 18.2 Å². The number of nitrogens with one attached hydrogen (secondary N) is 1. The standard InChI is InChI=1S/C20H21F2N5O3S2/c1-3-26-18(12-27(32(2,29)30)17-9-7-14(21)8-10-17)24-25-20(26)31-13-19(28)23-16-6-4-5-15(22)11-16/h4-11H,3,12-13H2,1-2H3,(H,23,28). The Balaban J connectivity index is 1.73. The lowest BCUT2D eigenvalue weighted by molar-refractivity contribution is -0.113. The molecule has 1 amide bonds. The number of amides is 1. The highest BCUT2D eigenvalue weighted by Crippen LogP contribution is 2.23. The van der Waals surface area contributed by atoms with Gasteiger partial charge >= 0.3 is 0 Å². The molecular formula is C20H21F2N5O3S2. The largest absolute Gasteiger partial charge is 0.325 e. The van der Waals surface area contributed by atoms with Crippen LogP contribution in [0.3, 0.4) is 0 Å². The third-order valence-electron chi connectivity index (χ3n) is 4.35. The van der Waals surface area contributed by atoms with Gasteiger partial charge in [0.15, 0.2) is 11.0 Å². The van der Waals surface area contributed by atoms with Crippen molar-refractivity contribution in [2.24, 2.45) is 0 Å². The van der Waals surface area contributed by atoms with E-state index in [4.69, 9.17) is 0 Å². The number of benzene rings is 2. The van der Waals surface area contributed by atoms with Crippen LogP contribution in [0.5, 0.6) is 0 Å². The second-order valence-electron chi connectivity index (χ2n) is 6.74. The molecular weight excluding hydrogens is 460 g/mol. The first-order chi connectivity index (χ1) is 15.2. The topological polar surface area (TPSA) is 97.2 Å². The summed E-state index contributed by atoms with van der Waals surface area (Å²) in [6.07, 6.45) is 1.05. The van der Waals surface area contributed by atoms with E-state index in [0.717, 1.165) is 22.3 Å². The predicted octanol–water partition coefficient (Wildman–Crippen LogP) is 3.27. The third-order valence-corrected chi connectivity index (χ3v) is 6.46. The van der Waals surface area contributed by atoms with Crippen LogP contribution < -0.4 is 9.62 Å². The lowest BCUT2D eigenvalue weighted by Gasteiger charge is -2.22. The van der Waals surface area contributed by atoms with Crippen molar-refractivity contribution in [3.8, 4) is 0 Å². The Morgan fingerprint density at radius 1 is 1.12 bits per heavy atom. The van der Waals surface area contributed by atoms with E-state index in [9.17, 15) is 22.0 Å². The van der Waals surface area contributed by atoms with E-state index in [1.807, 2.05) is 6.92 Å². The zero-order valence-electron chi connectivity index (χ0n) is 17.3. The molecule has 3 aromatic rings. The van der Waals surface area contributed by atoms with Gasteiger partial charge in [-0.3, -0.25) is 9.10 Å². The second kappa shape index (κ2) is 10.1. The molecule has 12 heteroatoms. The van der Waals surface area contributed by atoms with E-state index >= 15 is 0 Å². The van der Waals surface area contributed by atoms with Crippen molar-refractivity contribution in [1.29, 1.82) is 0 Å². The molecule has 8 nitrogen and oxygen atoms in total. The summed E-state index contributed by atoms with van der Waals surface area (Å²) in [5.41, 5.74) is 0.638. The number of hydrogen-bond acceptors (Lipinski definition) is 6. The van der Waals surface area contributed by atoms with Crippen LogP contribution in [0.15, 0.2) is 53.7 Å². The van der Waals surface area contributed by atoms with Crippen molar-refractivity contribution in [2.45, 2.75) is 25.2 Å². The molecule has 1 heterocycles. The Labute approximate surface area is 188 Å². The minimum Gasteiger partial charge on any atom is -0.325 e. The molecule has 0 unspecified atom stereocenters. The Morgan fingerprint density at radius 3 is 2.47 bits per heavy atom. The fourth-order valence-electron chi connectivity index (χ4n) is 2.89. The number of rotatable bonds is 9. The van der Waals surface area contributed by atoms with Crippen LogP contribution >= 0.6 is 11.8 Å². The molecule has 170 valence electrons. The number of thioether (sulfide) groups is 1. The zero-order valence-corrected chi connectivity index (χ0v) is 19.0. The normalized spacial score (nSPS) is 11.4. The van der Waals surface area contributed by atoms with Gasteiger partial charge in [-0.2, -0.15) is 0 Å². The molecule has 0 atom stereocenters. The van der Waals surface area contributed by atoms with Gasteiger partial charge in [0.1, 0.15) is 11.6 Å². The molecule has 0 aliphatic carbocycles. The van der Waals surface area contributed by atoms with Crippen molar-refractivity contribution in [1.82, 2.24) is 14.8 Å². The molecule has 0 bridgehead atoms. The van der Waals surface area contributed by atoms with Crippen molar-refractivity contribution < 1.29 is 22.0 Å². The highest BCUT2D eigenvalue weighted by Gasteiger charge is 2.22. The molecule has 0 aliphatic rings. The van der Waals surface area contributed by atoms with Gasteiger partial charge in [-0.25, -0.2) is 17.2 Å². The number of carbonyl (C=O) groups is 1. The highest BCUT2D eigenvalue weighted by atomic mass is 32.2. The molecule has 0 saturated heterocycles. The maximum atomic E-state index is 13.3. The smallest absolute Gasteiger partial charge is 0.234 e. The summed E-state index contributed by atoms with van der Waals surface area (Å²) in [6.45, 7) is 2.17. The molecule has 0 saturated carbocycles. The van der Waals surface area contributed by atoms with E-state index in [2.05, 4.69) is 15.5 Å². The third kappa shape index (κ3) is 6.04. The molecule has 0 radical (unpaired) electrons. The molecule has 0 fully saturated rings. The predicted molar refractivity (Wildman–Crippen MR) is 119 cm³/mol. The van der Waals surface area contributed by atoms with E-state index < -0.39 is 21.7 Å². The van der Waals surface area contributed by atoms with Crippen LogP contribution in [0.25, 0.3) is 0 Å². The van der Waals surface area contributed by atoms with Crippen molar-refractivity contribution >= 4 is 39.1 Å². The summed E-state index contributed by atoms with van der Waals surface area (Å²) < 4.78 is 54.0. The van der Waals surface area contributed by atoms with Gasteiger partial charge in [0, 0.05) is 12.2 Å². The number of carbonyl (C=O) groups excluding carboxylic acids is 1. The summed E-state index contributed by atoms with van der Waals surface area (Å²) in [5.74, 6) is -0.911. The van der Waals surface area contributed by atoms with Gasteiger partial charge < -0.3 is 9.88 Å². The fourth-order valence-corrected chi connectivity index (χ4v) is 4.57. The van der Waals surface area contributed by atoms with Crippen molar-refractivity contribution in [3.05, 3.63) is 66.0 Å². The van der Waals surface area contributed by atoms with Crippen molar-refractivity contribution in [2.75, 3.05) is 21.6 Å². The van der Waals surface area contributed by atoms with Gasteiger partial charge in [0.05, 0.1) is 24.2 Å². The first-order valence-corrected chi connectivity index (χ1v) is 12.3. The van der Waals surface area contributed by atoms with Gasteiger partial charge in [-0.1, -0.05) is 17.8 Å². The number of aromatic nitrogens is 3. The quantitative estimate of drug-likeness (QED) is 0.471. The number of halogens is 2. The van der Waals surface area contributed by atoms with Crippen LogP contribution in [0.2, 0.25) is 0 Å². The van der Waals surface area contributed by atoms with E-state index in [1.54, 1.807) is 10.6 Å². The highest BCUT2D eigenvalue weighted by molar-refractivity contribution is 7.99. The molecule has 2 aromatic carbocycles. The summed E-state index contributed by atoms with van der Waals surface area (Å²) in [5, 5.41) is 11.2. The number of anilines is 2. The maximum absolute atomic E-state index is 13.3. The summed E-state index contributed by atoms with van der Waals surface area (Å²) in [6, 6.07) is 10.7. The Morgan fingerprint density at radius 2 is 1.84 bits per heavy atom. The second-order valence-corrected chi connectivity index (χ2v) is 9.59. The Kier molecular flexibility index (Phi) is 7.46. The van der Waals surface area contributed by atoms with Crippen LogP contribution in [0.4, 0.5) is 20.2 Å². The number of hydrogen-bond donors (Lipinski definition) is 1. The SMILES string of the molecule is CCn1c(CN(c2ccc(F)cc2)S(C)(=O)=O)nnc1SCC(=O)Nc1cccc(F)c1. The summed E-state index contributed by atoms with van der Waals surface area (Å²) in [4.78, 5) is 12.2. The number of nitrogens with zero attached hydrogens (tertiary/aromatic N) is 4. The maximum Gasteiger partial charge on any atom is 0.234 e. The molecule has 1 N–H and O–H groups in total. The summed E-state index contributed by atoms with van der Waals surface area (Å²) in [7, 11) is -3.68. The van der Waals surface area contributed by atoms with Crippen LogP contribution in [-0.2, 0) is 27.9 Å². The molecule has 0 spiro atoms. The Bertz CT molecular complexity index is 1200. The minimum atomic E-state index is -3.68. The van der Waals surface area contributed by atoms with E-state index in [1.165, 1.54) is 42.5 Å². The van der Waals surface area contributed by atoms with Crippen LogP contribution in [0, 0.1) is 11.6 Å². The van der Waals surface area contributed by atoms with Crippen molar-refractivity contribution in [3.63, 3.8) is 0 Å². The Hall–Kier alpha value is -2.99. The lowest BCUT2D eigenvalue weighted by atomic mass is 10.3. The van der Waals surface area contributed by atoms with Crippen LogP contribution in [-0.4, -0.2) is 41.1 Å². The first kappa shape index (κ1) is 23.7. The van der Waals surface area contributed by atoms with Gasteiger partial charge in [0.25, 0.3) is 0 Å². The molecule has 32 heavy (non-hydrogen) atoms. The number of sulfonamides is 1. The molecule has 1 aromatic heterocycles. The first-order valence-electron chi connectivity index (χ1n) is 9.51. The van der Waals surface area contributed by atoms with Gasteiger partial charge in [0.2, 0.25) is 15.9 Å². The van der Waals surface area contributed by atoms with Gasteiger partial charge in [-0.05, 0) is 49.4 Å². The lowest BCUT2D eigenvalue weighted by Crippen LogP contribution is -2.30. The fraction of sp³-hybridized carbons (Fsp3) is 0.250. The molecule has 0 aliphatic heterocycles. The van der Waals surface area contributed by atoms with Crippen LogP contribution in [0.1, 0.15) is 12.7 Å². The summed E-state index contributed by atoms with van der Waals surface area (Å²) >= 11 is 1.12. The average Bonchev–Trinajstić information content (AvgIpc) is 3.12. The van der Waals surface area contributed by atoms with Gasteiger partial charge in [-0.15, -0.1) is 10.2 Å².